The zero-order chi connectivity index (χ0) is 13.1. The minimum atomic E-state index is -0.457. The number of rotatable bonds is 4. The van der Waals surface area contributed by atoms with Crippen molar-refractivity contribution in [2.24, 2.45) is 0 Å². The number of nitrogen functional groups attached to an aromatic ring is 1. The summed E-state index contributed by atoms with van der Waals surface area (Å²) in [6.45, 7) is 2.73. The van der Waals surface area contributed by atoms with Gasteiger partial charge in [0, 0.05) is 25.0 Å². The second-order valence-electron chi connectivity index (χ2n) is 3.77. The third kappa shape index (κ3) is 2.29. The second-order valence-corrected chi connectivity index (χ2v) is 3.77. The lowest BCUT2D eigenvalue weighted by atomic mass is 10.2. The van der Waals surface area contributed by atoms with Crippen LogP contribution in [-0.4, -0.2) is 19.5 Å². The average Bonchev–Trinajstić information content (AvgIpc) is 2.76. The lowest BCUT2D eigenvalue weighted by molar-refractivity contribution is -0.385. The van der Waals surface area contributed by atoms with Gasteiger partial charge in [-0.05, 0) is 13.0 Å². The first kappa shape index (κ1) is 12.0. The van der Waals surface area contributed by atoms with E-state index in [0.717, 1.165) is 12.4 Å². The summed E-state index contributed by atoms with van der Waals surface area (Å²) in [7, 11) is 0. The van der Waals surface area contributed by atoms with Crippen molar-refractivity contribution in [3.8, 4) is 0 Å². The van der Waals surface area contributed by atoms with Crippen molar-refractivity contribution in [1.29, 1.82) is 0 Å². The topological polar surface area (TPSA) is 99.9 Å². The molecule has 0 aliphatic rings. The van der Waals surface area contributed by atoms with Gasteiger partial charge >= 0.3 is 0 Å². The maximum atomic E-state index is 10.9. The van der Waals surface area contributed by atoms with Crippen molar-refractivity contribution < 1.29 is 4.92 Å². The van der Waals surface area contributed by atoms with Crippen molar-refractivity contribution in [1.82, 2.24) is 14.5 Å². The van der Waals surface area contributed by atoms with E-state index in [0.29, 0.717) is 12.1 Å². The normalized spacial score (nSPS) is 10.5. The fraction of sp³-hybridized carbons (Fsp3) is 0.273. The van der Waals surface area contributed by atoms with Gasteiger partial charge in [0.25, 0.3) is 5.69 Å². The molecular weight excluding hydrogens is 234 g/mol. The molecule has 0 aliphatic carbocycles. The fourth-order valence-corrected chi connectivity index (χ4v) is 1.75. The summed E-state index contributed by atoms with van der Waals surface area (Å²) in [6.07, 6.45) is 3.78. The highest BCUT2D eigenvalue weighted by Crippen LogP contribution is 2.20. The minimum Gasteiger partial charge on any atom is -0.384 e. The van der Waals surface area contributed by atoms with E-state index >= 15 is 0 Å². The van der Waals surface area contributed by atoms with Gasteiger partial charge in [-0.1, -0.05) is 0 Å². The van der Waals surface area contributed by atoms with Crippen LogP contribution in [0.4, 0.5) is 11.5 Å². The largest absolute Gasteiger partial charge is 0.384 e. The Morgan fingerprint density at radius 1 is 1.50 bits per heavy atom. The minimum absolute atomic E-state index is 0.0325. The number of imidazole rings is 1. The second kappa shape index (κ2) is 4.82. The molecule has 0 saturated heterocycles. The van der Waals surface area contributed by atoms with Crippen LogP contribution in [0, 0.1) is 10.1 Å². The number of aryl methyl sites for hydroxylation is 1. The molecule has 0 atom stereocenters. The zero-order valence-electron chi connectivity index (χ0n) is 9.91. The first-order valence-electron chi connectivity index (χ1n) is 5.51. The highest BCUT2D eigenvalue weighted by Gasteiger charge is 2.17. The van der Waals surface area contributed by atoms with Crippen LogP contribution in [0.3, 0.4) is 0 Å². The smallest absolute Gasteiger partial charge is 0.291 e. The van der Waals surface area contributed by atoms with Crippen molar-refractivity contribution in [3.63, 3.8) is 0 Å². The van der Waals surface area contributed by atoms with E-state index in [1.165, 1.54) is 12.1 Å². The Morgan fingerprint density at radius 2 is 2.28 bits per heavy atom. The number of nitro groups is 1. The Kier molecular flexibility index (Phi) is 3.22. The maximum Gasteiger partial charge on any atom is 0.291 e. The molecule has 2 aromatic rings. The van der Waals surface area contributed by atoms with Crippen LogP contribution in [0.5, 0.6) is 0 Å². The standard InChI is InChI=1S/C11H13N5O2/c1-2-15-6-5-13-11(15)7-8-9(16(17)18)3-4-10(12)14-8/h3-6H,2,7H2,1H3,(H2,12,14). The molecule has 7 heteroatoms. The molecule has 0 saturated carbocycles. The van der Waals surface area contributed by atoms with Crippen molar-refractivity contribution in [2.45, 2.75) is 19.9 Å². The van der Waals surface area contributed by atoms with E-state index in [-0.39, 0.29) is 11.5 Å². The molecule has 7 nitrogen and oxygen atoms in total. The average molecular weight is 247 g/mol. The van der Waals surface area contributed by atoms with Crippen LogP contribution in [0.2, 0.25) is 0 Å². The molecule has 0 fully saturated rings. The van der Waals surface area contributed by atoms with E-state index in [1.54, 1.807) is 6.20 Å². The molecule has 2 rings (SSSR count). The van der Waals surface area contributed by atoms with E-state index in [1.807, 2.05) is 17.7 Å². The predicted molar refractivity (Wildman–Crippen MR) is 66.0 cm³/mol. The van der Waals surface area contributed by atoms with Crippen LogP contribution in [-0.2, 0) is 13.0 Å². The monoisotopic (exact) mass is 247 g/mol. The first-order chi connectivity index (χ1) is 8.61. The number of nitrogens with zero attached hydrogens (tertiary/aromatic N) is 4. The number of hydrogen-bond donors (Lipinski definition) is 1. The molecule has 2 N–H and O–H groups in total. The summed E-state index contributed by atoms with van der Waals surface area (Å²) >= 11 is 0. The molecule has 0 amide bonds. The van der Waals surface area contributed by atoms with Crippen LogP contribution < -0.4 is 5.73 Å². The fourth-order valence-electron chi connectivity index (χ4n) is 1.75. The van der Waals surface area contributed by atoms with Gasteiger partial charge in [0.2, 0.25) is 0 Å². The zero-order valence-corrected chi connectivity index (χ0v) is 9.91. The number of aromatic nitrogens is 3. The molecule has 2 heterocycles. The molecule has 0 spiro atoms. The Hall–Kier alpha value is -2.44. The quantitative estimate of drug-likeness (QED) is 0.649. The summed E-state index contributed by atoms with van der Waals surface area (Å²) in [5.41, 5.74) is 5.87. The molecule has 94 valence electrons. The molecule has 0 unspecified atom stereocenters. The van der Waals surface area contributed by atoms with E-state index in [9.17, 15) is 10.1 Å². The summed E-state index contributed by atoms with van der Waals surface area (Å²) < 4.78 is 1.91. The Balaban J connectivity index is 2.39. The summed E-state index contributed by atoms with van der Waals surface area (Å²) in [5, 5.41) is 10.9. The van der Waals surface area contributed by atoms with Gasteiger partial charge in [-0.3, -0.25) is 10.1 Å². The number of anilines is 1. The highest BCUT2D eigenvalue weighted by molar-refractivity contribution is 5.43. The predicted octanol–water partition coefficient (Wildman–Crippen LogP) is 1.38. The summed E-state index contributed by atoms with van der Waals surface area (Å²) in [6, 6.07) is 2.80. The molecule has 2 aromatic heterocycles. The van der Waals surface area contributed by atoms with Gasteiger partial charge in [-0.2, -0.15) is 0 Å². The van der Waals surface area contributed by atoms with Gasteiger partial charge in [0.05, 0.1) is 11.3 Å². The molecule has 0 aromatic carbocycles. The van der Waals surface area contributed by atoms with E-state index < -0.39 is 4.92 Å². The molecular formula is C11H13N5O2. The van der Waals surface area contributed by atoms with Crippen molar-refractivity contribution >= 4 is 11.5 Å². The van der Waals surface area contributed by atoms with Crippen LogP contribution in [0.1, 0.15) is 18.4 Å². The molecule has 0 aliphatic heterocycles. The lowest BCUT2D eigenvalue weighted by Gasteiger charge is -2.05. The maximum absolute atomic E-state index is 10.9. The molecule has 0 bridgehead atoms. The van der Waals surface area contributed by atoms with Crippen LogP contribution in [0.25, 0.3) is 0 Å². The number of nitrogens with two attached hydrogens (primary N) is 1. The van der Waals surface area contributed by atoms with Crippen molar-refractivity contribution in [3.05, 3.63) is 46.2 Å². The summed E-state index contributed by atoms with van der Waals surface area (Å²) in [5.74, 6) is 1.00. The lowest BCUT2D eigenvalue weighted by Crippen LogP contribution is -2.07. The van der Waals surface area contributed by atoms with Gasteiger partial charge in [-0.25, -0.2) is 9.97 Å². The highest BCUT2D eigenvalue weighted by atomic mass is 16.6. The van der Waals surface area contributed by atoms with Crippen LogP contribution >= 0.6 is 0 Å². The van der Waals surface area contributed by atoms with Gasteiger partial charge in [-0.15, -0.1) is 0 Å². The van der Waals surface area contributed by atoms with Gasteiger partial charge < -0.3 is 10.3 Å². The van der Waals surface area contributed by atoms with E-state index in [2.05, 4.69) is 9.97 Å². The summed E-state index contributed by atoms with van der Waals surface area (Å²) in [4.78, 5) is 18.7. The third-order valence-electron chi connectivity index (χ3n) is 2.64. The van der Waals surface area contributed by atoms with E-state index in [4.69, 9.17) is 5.73 Å². The number of hydrogen-bond acceptors (Lipinski definition) is 5. The van der Waals surface area contributed by atoms with Gasteiger partial charge in [0.1, 0.15) is 17.3 Å². The Bertz CT molecular complexity index is 579. The Labute approximate surface area is 103 Å². The van der Waals surface area contributed by atoms with Crippen LogP contribution in [0.15, 0.2) is 24.5 Å². The number of pyridine rings is 1. The SMILES string of the molecule is CCn1ccnc1Cc1nc(N)ccc1[N+](=O)[O-]. The first-order valence-corrected chi connectivity index (χ1v) is 5.51. The molecule has 0 radical (unpaired) electrons. The third-order valence-corrected chi connectivity index (χ3v) is 2.64. The Morgan fingerprint density at radius 3 is 2.94 bits per heavy atom. The van der Waals surface area contributed by atoms with Gasteiger partial charge in [0.15, 0.2) is 0 Å². The van der Waals surface area contributed by atoms with Crippen molar-refractivity contribution in [2.75, 3.05) is 5.73 Å². The molecule has 18 heavy (non-hydrogen) atoms.